The Labute approximate surface area is 181 Å². The SMILES string of the molecule is CCn1c(SC(C)C(=O)Nc2ccc(OC(F)F)cc2)nnc1-c1ccc(Cl)cc1. The number of benzene rings is 2. The van der Waals surface area contributed by atoms with Gasteiger partial charge in [0, 0.05) is 22.8 Å². The van der Waals surface area contributed by atoms with Gasteiger partial charge in [-0.25, -0.2) is 0 Å². The summed E-state index contributed by atoms with van der Waals surface area (Å²) in [6.07, 6.45) is 0. The monoisotopic (exact) mass is 452 g/mol. The largest absolute Gasteiger partial charge is 0.435 e. The Morgan fingerprint density at radius 2 is 1.83 bits per heavy atom. The number of rotatable bonds is 8. The summed E-state index contributed by atoms with van der Waals surface area (Å²) >= 11 is 7.23. The lowest BCUT2D eigenvalue weighted by molar-refractivity contribution is -0.115. The van der Waals surface area contributed by atoms with Crippen LogP contribution < -0.4 is 10.1 Å². The number of anilines is 1. The second kappa shape index (κ2) is 9.90. The molecule has 3 aromatic rings. The molecule has 0 aliphatic rings. The van der Waals surface area contributed by atoms with E-state index in [0.717, 1.165) is 5.56 Å². The first kappa shape index (κ1) is 22.0. The smallest absolute Gasteiger partial charge is 0.387 e. The number of halogens is 3. The first-order valence-electron chi connectivity index (χ1n) is 9.09. The molecule has 1 aromatic heterocycles. The van der Waals surface area contributed by atoms with Crippen LogP contribution in [-0.2, 0) is 11.3 Å². The van der Waals surface area contributed by atoms with Gasteiger partial charge >= 0.3 is 6.61 Å². The van der Waals surface area contributed by atoms with Crippen LogP contribution in [0.3, 0.4) is 0 Å². The Morgan fingerprint density at radius 1 is 1.17 bits per heavy atom. The topological polar surface area (TPSA) is 69.0 Å². The summed E-state index contributed by atoms with van der Waals surface area (Å²) in [5.41, 5.74) is 1.36. The number of aromatic nitrogens is 3. The number of thioether (sulfide) groups is 1. The van der Waals surface area contributed by atoms with Crippen LogP contribution in [0.2, 0.25) is 5.02 Å². The van der Waals surface area contributed by atoms with Crippen molar-refractivity contribution in [3.63, 3.8) is 0 Å². The lowest BCUT2D eigenvalue weighted by Gasteiger charge is -2.13. The third-order valence-corrected chi connectivity index (χ3v) is 5.47. The van der Waals surface area contributed by atoms with Crippen LogP contribution in [0.15, 0.2) is 53.7 Å². The number of alkyl halides is 2. The maximum atomic E-state index is 12.5. The molecule has 6 nitrogen and oxygen atoms in total. The van der Waals surface area contributed by atoms with Gasteiger partial charge in [-0.3, -0.25) is 4.79 Å². The minimum absolute atomic E-state index is 0.0243. The number of nitrogens with one attached hydrogen (secondary N) is 1. The zero-order valence-corrected chi connectivity index (χ0v) is 17.8. The van der Waals surface area contributed by atoms with Crippen molar-refractivity contribution in [1.29, 1.82) is 0 Å². The third kappa shape index (κ3) is 5.48. The highest BCUT2D eigenvalue weighted by Gasteiger charge is 2.20. The fraction of sp³-hybridized carbons (Fsp3) is 0.250. The Morgan fingerprint density at radius 3 is 2.43 bits per heavy atom. The van der Waals surface area contributed by atoms with Crippen LogP contribution in [0.1, 0.15) is 13.8 Å². The molecule has 1 unspecified atom stereocenters. The quantitative estimate of drug-likeness (QED) is 0.467. The molecule has 0 saturated carbocycles. The second-order valence-electron chi connectivity index (χ2n) is 6.21. The fourth-order valence-electron chi connectivity index (χ4n) is 2.65. The Balaban J connectivity index is 1.67. The number of hydrogen-bond acceptors (Lipinski definition) is 5. The van der Waals surface area contributed by atoms with Crippen LogP contribution >= 0.6 is 23.4 Å². The number of carbonyl (C=O) groups excluding carboxylic acids is 1. The zero-order valence-electron chi connectivity index (χ0n) is 16.2. The molecule has 0 bridgehead atoms. The first-order chi connectivity index (χ1) is 14.4. The molecule has 30 heavy (non-hydrogen) atoms. The van der Waals surface area contributed by atoms with E-state index in [1.165, 1.54) is 36.0 Å². The van der Waals surface area contributed by atoms with Gasteiger partial charge in [0.25, 0.3) is 0 Å². The summed E-state index contributed by atoms with van der Waals surface area (Å²) in [7, 11) is 0. The number of ether oxygens (including phenoxy) is 1. The van der Waals surface area contributed by atoms with Gasteiger partial charge in [0.1, 0.15) is 5.75 Å². The summed E-state index contributed by atoms with van der Waals surface area (Å²) in [6.45, 7) is 1.47. The molecule has 2 aromatic carbocycles. The minimum Gasteiger partial charge on any atom is -0.435 e. The maximum Gasteiger partial charge on any atom is 0.387 e. The molecular formula is C20H19ClF2N4O2S. The fourth-order valence-corrected chi connectivity index (χ4v) is 3.69. The molecule has 0 radical (unpaired) electrons. The van der Waals surface area contributed by atoms with E-state index < -0.39 is 11.9 Å². The van der Waals surface area contributed by atoms with Crippen molar-refractivity contribution in [2.45, 2.75) is 37.4 Å². The molecule has 3 rings (SSSR count). The van der Waals surface area contributed by atoms with Crippen molar-refractivity contribution in [2.24, 2.45) is 0 Å². The molecule has 0 aliphatic carbocycles. The maximum absolute atomic E-state index is 12.5. The van der Waals surface area contributed by atoms with Crippen LogP contribution in [-0.4, -0.2) is 32.5 Å². The molecule has 1 amide bonds. The van der Waals surface area contributed by atoms with Crippen LogP contribution in [0, 0.1) is 0 Å². The van der Waals surface area contributed by atoms with E-state index in [9.17, 15) is 13.6 Å². The van der Waals surface area contributed by atoms with Gasteiger partial charge in [0.2, 0.25) is 5.91 Å². The standard InChI is InChI=1S/C20H19ClF2N4O2S/c1-3-27-17(13-4-6-14(21)7-5-13)25-26-20(27)30-12(2)18(28)24-15-8-10-16(11-9-15)29-19(22)23/h4-12,19H,3H2,1-2H3,(H,24,28). The Bertz CT molecular complexity index is 997. The van der Waals surface area contributed by atoms with Gasteiger partial charge < -0.3 is 14.6 Å². The predicted octanol–water partition coefficient (Wildman–Crippen LogP) is 5.34. The molecule has 1 heterocycles. The molecule has 1 atom stereocenters. The van der Waals surface area contributed by atoms with Crippen molar-refractivity contribution in [3.05, 3.63) is 53.6 Å². The second-order valence-corrected chi connectivity index (χ2v) is 7.95. The molecule has 0 aliphatic heterocycles. The molecular weight excluding hydrogens is 434 g/mol. The van der Waals surface area contributed by atoms with Crippen molar-refractivity contribution in [1.82, 2.24) is 14.8 Å². The lowest BCUT2D eigenvalue weighted by Crippen LogP contribution is -2.23. The zero-order chi connectivity index (χ0) is 21.7. The van der Waals surface area contributed by atoms with Crippen molar-refractivity contribution in [2.75, 3.05) is 5.32 Å². The summed E-state index contributed by atoms with van der Waals surface area (Å²) in [5.74, 6) is 0.469. The minimum atomic E-state index is -2.89. The van der Waals surface area contributed by atoms with Gasteiger partial charge in [-0.2, -0.15) is 8.78 Å². The highest BCUT2D eigenvalue weighted by molar-refractivity contribution is 8.00. The number of nitrogens with zero attached hydrogens (tertiary/aromatic N) is 3. The van der Waals surface area contributed by atoms with Crippen LogP contribution in [0.25, 0.3) is 11.4 Å². The van der Waals surface area contributed by atoms with Crippen molar-refractivity contribution < 1.29 is 18.3 Å². The van der Waals surface area contributed by atoms with Crippen LogP contribution in [0.4, 0.5) is 14.5 Å². The average Bonchev–Trinajstić information content (AvgIpc) is 3.12. The van der Waals surface area contributed by atoms with Gasteiger partial charge in [-0.1, -0.05) is 23.4 Å². The normalized spacial score (nSPS) is 12.1. The Hall–Kier alpha value is -2.65. The van der Waals surface area contributed by atoms with E-state index in [0.29, 0.717) is 28.2 Å². The summed E-state index contributed by atoms with van der Waals surface area (Å²) in [6, 6.07) is 13.0. The summed E-state index contributed by atoms with van der Waals surface area (Å²) in [4.78, 5) is 12.5. The van der Waals surface area contributed by atoms with Gasteiger partial charge in [0.15, 0.2) is 11.0 Å². The highest BCUT2D eigenvalue weighted by Crippen LogP contribution is 2.28. The molecule has 0 fully saturated rings. The Kier molecular flexibility index (Phi) is 7.28. The molecule has 158 valence electrons. The van der Waals surface area contributed by atoms with Gasteiger partial charge in [0.05, 0.1) is 5.25 Å². The van der Waals surface area contributed by atoms with E-state index in [2.05, 4.69) is 20.3 Å². The lowest BCUT2D eigenvalue weighted by atomic mass is 10.2. The van der Waals surface area contributed by atoms with Gasteiger partial charge in [-0.15, -0.1) is 10.2 Å². The molecule has 0 saturated heterocycles. The molecule has 10 heteroatoms. The number of hydrogen-bond donors (Lipinski definition) is 1. The first-order valence-corrected chi connectivity index (χ1v) is 10.3. The number of carbonyl (C=O) groups is 1. The molecule has 0 spiro atoms. The van der Waals surface area contributed by atoms with Crippen molar-refractivity contribution >= 4 is 35.0 Å². The van der Waals surface area contributed by atoms with Crippen LogP contribution in [0.5, 0.6) is 5.75 Å². The predicted molar refractivity (Wildman–Crippen MR) is 113 cm³/mol. The summed E-state index contributed by atoms with van der Waals surface area (Å²) < 4.78 is 30.7. The van der Waals surface area contributed by atoms with E-state index in [-0.39, 0.29) is 11.7 Å². The molecule has 1 N–H and O–H groups in total. The summed E-state index contributed by atoms with van der Waals surface area (Å²) in [5, 5.41) is 12.0. The average molecular weight is 453 g/mol. The van der Waals surface area contributed by atoms with Crippen molar-refractivity contribution in [3.8, 4) is 17.1 Å². The van der Waals surface area contributed by atoms with E-state index in [4.69, 9.17) is 11.6 Å². The third-order valence-electron chi connectivity index (χ3n) is 4.13. The highest BCUT2D eigenvalue weighted by atomic mass is 35.5. The van der Waals surface area contributed by atoms with E-state index >= 15 is 0 Å². The van der Waals surface area contributed by atoms with E-state index in [1.807, 2.05) is 23.6 Å². The van der Waals surface area contributed by atoms with E-state index in [1.54, 1.807) is 19.1 Å². The number of amides is 1. The van der Waals surface area contributed by atoms with Gasteiger partial charge in [-0.05, 0) is 62.4 Å².